The largest absolute Gasteiger partial charge is 0.545 e. The molecule has 0 heterocycles. The second-order valence-corrected chi connectivity index (χ2v) is 24.1. The Labute approximate surface area is 557 Å². The van der Waals surface area contributed by atoms with Crippen molar-refractivity contribution in [1.82, 2.24) is 0 Å². The lowest BCUT2D eigenvalue weighted by molar-refractivity contribution is -0.870. The molecule has 0 amide bonds. The van der Waals surface area contributed by atoms with Crippen LogP contribution in [0.3, 0.4) is 0 Å². The third-order valence-electron chi connectivity index (χ3n) is 14.3. The number of nitrogens with zero attached hydrogens (tertiary/aromatic N) is 1. The van der Waals surface area contributed by atoms with Gasteiger partial charge in [-0.05, 0) is 141 Å². The molecular formula is C82H129NO8. The molecule has 510 valence electrons. The Hall–Kier alpha value is -5.87. The van der Waals surface area contributed by atoms with E-state index in [1.54, 1.807) is 0 Å². The summed E-state index contributed by atoms with van der Waals surface area (Å²) in [4.78, 5) is 37.5. The lowest BCUT2D eigenvalue weighted by Gasteiger charge is -2.26. The fourth-order valence-corrected chi connectivity index (χ4v) is 8.98. The Morgan fingerprint density at radius 3 is 0.901 bits per heavy atom. The maximum Gasteiger partial charge on any atom is 0.306 e. The first-order valence-corrected chi connectivity index (χ1v) is 35.6. The first kappa shape index (κ1) is 85.1. The number of esters is 2. The van der Waals surface area contributed by atoms with Gasteiger partial charge in [0.1, 0.15) is 13.2 Å². The zero-order valence-corrected chi connectivity index (χ0v) is 58.1. The Kier molecular flexibility index (Phi) is 65.5. The van der Waals surface area contributed by atoms with E-state index in [2.05, 4.69) is 208 Å². The van der Waals surface area contributed by atoms with Gasteiger partial charge in [-0.2, -0.15) is 0 Å². The summed E-state index contributed by atoms with van der Waals surface area (Å²) in [5.74, 6) is -2.36. The predicted molar refractivity (Wildman–Crippen MR) is 388 cm³/mol. The molecule has 0 bridgehead atoms. The highest BCUT2D eigenvalue weighted by molar-refractivity contribution is 5.70. The molecule has 0 saturated carbocycles. The fourth-order valence-electron chi connectivity index (χ4n) is 8.98. The summed E-state index contributed by atoms with van der Waals surface area (Å²) < 4.78 is 22.7. The minimum atomic E-state index is -1.64. The van der Waals surface area contributed by atoms with Gasteiger partial charge in [-0.25, -0.2) is 0 Å². The molecule has 0 N–H and O–H groups in total. The van der Waals surface area contributed by atoms with Crippen LogP contribution in [-0.4, -0.2) is 82.3 Å². The van der Waals surface area contributed by atoms with Gasteiger partial charge in [0.15, 0.2) is 12.4 Å². The maximum absolute atomic E-state index is 12.9. The number of aliphatic carboxylic acids is 1. The van der Waals surface area contributed by atoms with Crippen LogP contribution in [0, 0.1) is 0 Å². The Balaban J connectivity index is 4.21. The second-order valence-electron chi connectivity index (χ2n) is 24.1. The third-order valence-corrected chi connectivity index (χ3v) is 14.3. The van der Waals surface area contributed by atoms with E-state index in [4.69, 9.17) is 18.9 Å². The van der Waals surface area contributed by atoms with Crippen molar-refractivity contribution in [3.63, 3.8) is 0 Å². The first-order valence-electron chi connectivity index (χ1n) is 35.6. The molecule has 2 unspecified atom stereocenters. The molecule has 0 radical (unpaired) electrons. The lowest BCUT2D eigenvalue weighted by atomic mass is 10.0. The van der Waals surface area contributed by atoms with Crippen molar-refractivity contribution in [2.45, 2.75) is 257 Å². The molecule has 0 aromatic rings. The highest BCUT2D eigenvalue weighted by atomic mass is 16.7. The molecule has 0 aliphatic rings. The average Bonchev–Trinajstić information content (AvgIpc) is 3.46. The van der Waals surface area contributed by atoms with Gasteiger partial charge in [-0.3, -0.25) is 9.59 Å². The summed E-state index contributed by atoms with van der Waals surface area (Å²) in [6.07, 6.45) is 105. The molecule has 0 saturated heterocycles. The molecule has 0 aromatic heterocycles. The van der Waals surface area contributed by atoms with Gasteiger partial charge in [-0.15, -0.1) is 0 Å². The summed E-state index contributed by atoms with van der Waals surface area (Å²) in [6.45, 7) is 4.45. The monoisotopic (exact) mass is 1260 g/mol. The van der Waals surface area contributed by atoms with Crippen LogP contribution in [0.4, 0.5) is 0 Å². The highest BCUT2D eigenvalue weighted by Gasteiger charge is 2.22. The van der Waals surface area contributed by atoms with Crippen molar-refractivity contribution in [1.29, 1.82) is 0 Å². The van der Waals surface area contributed by atoms with Crippen LogP contribution in [0.15, 0.2) is 194 Å². The van der Waals surface area contributed by atoms with Gasteiger partial charge in [0.25, 0.3) is 0 Å². The van der Waals surface area contributed by atoms with Gasteiger partial charge < -0.3 is 33.3 Å². The van der Waals surface area contributed by atoms with Gasteiger partial charge in [0.2, 0.25) is 0 Å². The molecule has 0 aliphatic carbocycles. The van der Waals surface area contributed by atoms with E-state index in [1.165, 1.54) is 70.6 Å². The van der Waals surface area contributed by atoms with Crippen LogP contribution in [-0.2, 0) is 33.3 Å². The van der Waals surface area contributed by atoms with Crippen LogP contribution in [0.1, 0.15) is 245 Å². The summed E-state index contributed by atoms with van der Waals surface area (Å²) >= 11 is 0. The summed E-state index contributed by atoms with van der Waals surface area (Å²) in [6, 6.07) is 0. The van der Waals surface area contributed by atoms with Crippen molar-refractivity contribution in [2.75, 3.05) is 47.5 Å². The number of carboxylic acid groups (broad SMARTS) is 1. The van der Waals surface area contributed by atoms with E-state index in [9.17, 15) is 19.5 Å². The quantitative estimate of drug-likeness (QED) is 0.0195. The number of allylic oxidation sites excluding steroid dienone is 32. The van der Waals surface area contributed by atoms with E-state index in [1.807, 2.05) is 21.1 Å². The maximum atomic E-state index is 12.9. The van der Waals surface area contributed by atoms with Crippen LogP contribution < -0.4 is 5.11 Å². The predicted octanol–water partition coefficient (Wildman–Crippen LogP) is 21.2. The van der Waals surface area contributed by atoms with Crippen LogP contribution in [0.2, 0.25) is 0 Å². The SMILES string of the molecule is CC/C=C\C/C=C\C/C=C\C/C=C\C/C=C\C/C=C\C/C=C\C/C=C\CCCCCCCCCCCCCCCCC(=O)OC(COC(=O)CCCC/C=C\C/C=C\C/C=C\C/C=C\C/C=C\C/C=C\C/C=C\C/C=C\CC)COC(OCC[N+](C)(C)C)C(=O)[O-]. The number of quaternary nitrogens is 1. The van der Waals surface area contributed by atoms with Crippen molar-refractivity contribution in [3.05, 3.63) is 194 Å². The minimum absolute atomic E-state index is 0.130. The molecule has 9 heteroatoms. The lowest BCUT2D eigenvalue weighted by Crippen LogP contribution is -2.44. The van der Waals surface area contributed by atoms with Crippen LogP contribution in [0.5, 0.6) is 0 Å². The average molecular weight is 1260 g/mol. The standard InChI is InChI=1S/C82H129NO8/c1-6-8-10-12-14-16-18-20-22-24-26-28-30-32-34-35-36-37-38-39-40-41-42-43-44-45-47-49-51-53-55-57-59-61-63-65-67-69-71-73-80(85)91-78(77-90-82(81(86)87)88-75-74-83(3,4)5)76-89-79(84)72-70-68-66-64-62-60-58-56-54-52-50-48-46-33-31-29-27-25-23-21-19-17-15-13-11-9-7-2/h8-11,14-17,20-23,26-29,32-34,36-37,39-40,42-43,46,50,52,56,58,62,64,78,82H,6-7,12-13,18-19,24-25,30-31,35,38,41,44-45,47-49,51,53-55,57,59-61,63,65-77H2,1-5H3/b10-8-,11-9-,16-14-,17-15-,22-20-,23-21-,28-26-,29-27-,34-32-,37-36-,40-39-,43-42-,46-33-,52-50-,58-56-,64-62-. The second kappa shape index (κ2) is 70.0. The zero-order valence-electron chi connectivity index (χ0n) is 58.1. The van der Waals surface area contributed by atoms with E-state index in [-0.39, 0.29) is 32.7 Å². The number of hydrogen-bond acceptors (Lipinski definition) is 8. The van der Waals surface area contributed by atoms with Gasteiger partial charge >= 0.3 is 11.9 Å². The summed E-state index contributed by atoms with van der Waals surface area (Å²) in [5.41, 5.74) is 0. The number of carbonyl (C=O) groups excluding carboxylic acids is 3. The van der Waals surface area contributed by atoms with Crippen molar-refractivity contribution in [3.8, 4) is 0 Å². The van der Waals surface area contributed by atoms with E-state index >= 15 is 0 Å². The molecule has 0 spiro atoms. The third kappa shape index (κ3) is 71.4. The molecule has 91 heavy (non-hydrogen) atoms. The molecular weight excluding hydrogens is 1130 g/mol. The van der Waals surface area contributed by atoms with Crippen LogP contribution >= 0.6 is 0 Å². The molecule has 2 atom stereocenters. The number of unbranched alkanes of at least 4 members (excludes halogenated alkanes) is 16. The summed E-state index contributed by atoms with van der Waals surface area (Å²) in [7, 11) is 5.90. The number of carbonyl (C=O) groups is 3. The van der Waals surface area contributed by atoms with E-state index in [0.29, 0.717) is 23.9 Å². The smallest absolute Gasteiger partial charge is 0.306 e. The number of likely N-dealkylation sites (N-methyl/N-ethyl adjacent to an activating group) is 1. The highest BCUT2D eigenvalue weighted by Crippen LogP contribution is 2.15. The number of carboxylic acids is 1. The Morgan fingerprint density at radius 2 is 0.593 bits per heavy atom. The number of ether oxygens (including phenoxy) is 4. The normalized spacial score (nSPS) is 13.9. The van der Waals surface area contributed by atoms with E-state index < -0.39 is 30.3 Å². The molecule has 9 nitrogen and oxygen atoms in total. The fraction of sp³-hybridized carbons (Fsp3) is 0.573. The molecule has 0 aromatic carbocycles. The van der Waals surface area contributed by atoms with Crippen molar-refractivity contribution < 1.29 is 42.9 Å². The van der Waals surface area contributed by atoms with Crippen LogP contribution in [0.25, 0.3) is 0 Å². The van der Waals surface area contributed by atoms with Gasteiger partial charge in [-0.1, -0.05) is 285 Å². The zero-order chi connectivity index (χ0) is 66.1. The van der Waals surface area contributed by atoms with Gasteiger partial charge in [0.05, 0.1) is 40.3 Å². The number of hydrogen-bond donors (Lipinski definition) is 0. The summed E-state index contributed by atoms with van der Waals surface area (Å²) in [5, 5.41) is 11.8. The topological polar surface area (TPSA) is 111 Å². The van der Waals surface area contributed by atoms with E-state index in [0.717, 1.165) is 135 Å². The molecule has 0 fully saturated rings. The number of rotatable bonds is 63. The molecule has 0 rings (SSSR count). The first-order chi connectivity index (χ1) is 44.6. The van der Waals surface area contributed by atoms with Crippen molar-refractivity contribution >= 4 is 17.9 Å². The van der Waals surface area contributed by atoms with Crippen molar-refractivity contribution in [2.24, 2.45) is 0 Å². The van der Waals surface area contributed by atoms with Gasteiger partial charge in [0, 0.05) is 12.8 Å². The Bertz CT molecular complexity index is 2200. The Morgan fingerprint density at radius 1 is 0.330 bits per heavy atom. The molecule has 0 aliphatic heterocycles. The minimum Gasteiger partial charge on any atom is -0.545 e.